The van der Waals surface area contributed by atoms with Crippen LogP contribution in [0, 0.1) is 17.2 Å². The van der Waals surface area contributed by atoms with Crippen LogP contribution in [-0.2, 0) is 19.6 Å². The van der Waals surface area contributed by atoms with Crippen LogP contribution in [0.1, 0.15) is 19.7 Å². The van der Waals surface area contributed by atoms with Gasteiger partial charge in [-0.05, 0) is 42.3 Å². The molecular weight excluding hydrogens is 468 g/mol. The number of esters is 1. The highest BCUT2D eigenvalue weighted by Gasteiger charge is 2.30. The van der Waals surface area contributed by atoms with Crippen LogP contribution < -0.4 is 4.72 Å². The van der Waals surface area contributed by atoms with Gasteiger partial charge in [-0.25, -0.2) is 13.4 Å². The lowest BCUT2D eigenvalue weighted by Crippen LogP contribution is -2.45. The van der Waals surface area contributed by atoms with E-state index in [4.69, 9.17) is 16.3 Å². The maximum absolute atomic E-state index is 12.6. The van der Waals surface area contributed by atoms with Crippen LogP contribution >= 0.6 is 11.6 Å². The molecule has 1 unspecified atom stereocenters. The van der Waals surface area contributed by atoms with Crippen molar-refractivity contribution in [3.63, 3.8) is 0 Å². The van der Waals surface area contributed by atoms with Crippen molar-refractivity contribution in [1.82, 2.24) is 14.7 Å². The van der Waals surface area contributed by atoms with E-state index in [9.17, 15) is 23.6 Å². The minimum atomic E-state index is -4.03. The van der Waals surface area contributed by atoms with E-state index in [-0.39, 0.29) is 16.3 Å². The summed E-state index contributed by atoms with van der Waals surface area (Å²) in [7, 11) is -4.03. The maximum Gasteiger partial charge on any atom is 0.324 e. The van der Waals surface area contributed by atoms with Crippen molar-refractivity contribution in [2.75, 3.05) is 6.61 Å². The normalized spacial score (nSPS) is 13.4. The number of nitriles is 1. The first-order chi connectivity index (χ1) is 15.6. The van der Waals surface area contributed by atoms with E-state index in [2.05, 4.69) is 14.7 Å². The number of fused-ring (bicyclic) bond motifs is 1. The lowest BCUT2D eigenvalue weighted by atomic mass is 10.1. The van der Waals surface area contributed by atoms with Crippen molar-refractivity contribution in [3.05, 3.63) is 65.1 Å². The molecule has 1 aromatic heterocycles. The molecule has 0 saturated carbocycles. The number of ether oxygens (including phenoxy) is 1. The number of para-hydroxylation sites is 2. The van der Waals surface area contributed by atoms with Crippen LogP contribution in [0.3, 0.4) is 0 Å². The van der Waals surface area contributed by atoms with Crippen LogP contribution in [-0.4, -0.2) is 42.1 Å². The summed E-state index contributed by atoms with van der Waals surface area (Å²) in [5, 5.41) is 20.2. The molecule has 0 amide bonds. The Balaban J connectivity index is 1.75. The Hall–Kier alpha value is -3.39. The lowest BCUT2D eigenvalue weighted by Gasteiger charge is -2.21. The molecule has 0 aliphatic rings. The third kappa shape index (κ3) is 5.70. The van der Waals surface area contributed by atoms with E-state index < -0.39 is 40.3 Å². The second-order valence-corrected chi connectivity index (χ2v) is 9.59. The third-order valence-electron chi connectivity index (χ3n) is 4.70. The number of aromatic amines is 1. The number of hydrogen-bond acceptors (Lipinski definition) is 7. The van der Waals surface area contributed by atoms with E-state index in [0.717, 1.165) is 0 Å². The summed E-state index contributed by atoms with van der Waals surface area (Å²) in [5.41, 5.74) is 1.07. The van der Waals surface area contributed by atoms with Crippen molar-refractivity contribution in [1.29, 1.82) is 5.26 Å². The van der Waals surface area contributed by atoms with Crippen LogP contribution in [0.2, 0.25) is 5.02 Å². The highest BCUT2D eigenvalue weighted by molar-refractivity contribution is 7.89. The molecule has 3 rings (SSSR count). The Bertz CT molecular complexity index is 1310. The first-order valence-corrected chi connectivity index (χ1v) is 11.7. The van der Waals surface area contributed by atoms with Gasteiger partial charge in [0.1, 0.15) is 24.3 Å². The molecule has 0 aliphatic carbocycles. The van der Waals surface area contributed by atoms with Gasteiger partial charge in [-0.3, -0.25) is 4.79 Å². The van der Waals surface area contributed by atoms with E-state index >= 15 is 0 Å². The van der Waals surface area contributed by atoms with Gasteiger partial charge in [0.15, 0.2) is 11.6 Å². The molecule has 33 heavy (non-hydrogen) atoms. The number of aromatic nitrogens is 2. The topological polar surface area (TPSA) is 145 Å². The van der Waals surface area contributed by atoms with E-state index in [1.54, 1.807) is 38.1 Å². The summed E-state index contributed by atoms with van der Waals surface area (Å²) in [4.78, 5) is 19.7. The predicted molar refractivity (Wildman–Crippen MR) is 123 cm³/mol. The minimum absolute atomic E-state index is 0.0651. The first-order valence-electron chi connectivity index (χ1n) is 9.84. The molecule has 3 N–H and O–H groups in total. The number of sulfonamides is 1. The summed E-state index contributed by atoms with van der Waals surface area (Å²) in [5.74, 6) is -1.77. The number of halogens is 1. The number of allylic oxidation sites excluding steroid dienone is 1. The van der Waals surface area contributed by atoms with E-state index in [1.165, 1.54) is 24.3 Å². The van der Waals surface area contributed by atoms with Crippen molar-refractivity contribution in [3.8, 4) is 6.07 Å². The molecule has 2 aromatic carbocycles. The molecule has 0 saturated heterocycles. The molecular formula is C22H21ClN4O5S. The van der Waals surface area contributed by atoms with E-state index in [1.807, 2.05) is 6.07 Å². The zero-order chi connectivity index (χ0) is 24.2. The SMILES string of the molecule is CC(C)C(NS(=O)(=O)c1ccc(Cl)cc1)C(=O)OC/C(O)=C(\C#N)c1nc2ccccc2[nH]1. The zero-order valence-electron chi connectivity index (χ0n) is 17.7. The third-order valence-corrected chi connectivity index (χ3v) is 6.41. The lowest BCUT2D eigenvalue weighted by molar-refractivity contribution is -0.146. The van der Waals surface area contributed by atoms with Gasteiger partial charge in [0.25, 0.3) is 0 Å². The number of imidazole rings is 1. The molecule has 0 radical (unpaired) electrons. The molecule has 9 nitrogen and oxygen atoms in total. The van der Waals surface area contributed by atoms with Gasteiger partial charge in [-0.15, -0.1) is 0 Å². The standard InChI is InChI=1S/C22H21ClN4O5S/c1-13(2)20(27-33(30,31)15-9-7-14(23)8-10-15)22(29)32-12-19(28)16(11-24)21-25-17-5-3-4-6-18(17)26-21/h3-10,13,20,27-28H,12H2,1-2H3,(H,25,26)/b19-16-. The monoisotopic (exact) mass is 488 g/mol. The number of nitrogens with one attached hydrogen (secondary N) is 2. The number of aliphatic hydroxyl groups is 1. The second kappa shape index (κ2) is 10.0. The smallest absolute Gasteiger partial charge is 0.324 e. The highest BCUT2D eigenvalue weighted by Crippen LogP contribution is 2.20. The molecule has 1 atom stereocenters. The fraction of sp³-hybridized carbons (Fsp3) is 0.227. The summed E-state index contributed by atoms with van der Waals surface area (Å²) in [6.45, 7) is 2.65. The number of nitrogens with zero attached hydrogens (tertiary/aromatic N) is 2. The van der Waals surface area contributed by atoms with Gasteiger partial charge in [-0.2, -0.15) is 9.98 Å². The van der Waals surface area contributed by atoms with E-state index in [0.29, 0.717) is 16.1 Å². The molecule has 3 aromatic rings. The minimum Gasteiger partial charge on any atom is -0.507 e. The van der Waals surface area contributed by atoms with Crippen molar-refractivity contribution < 1.29 is 23.1 Å². The number of rotatable bonds is 8. The number of aliphatic hydroxyl groups excluding tert-OH is 1. The van der Waals surface area contributed by atoms with Crippen LogP contribution in [0.15, 0.2) is 59.2 Å². The Morgan fingerprint density at radius 1 is 1.24 bits per heavy atom. The molecule has 0 fully saturated rings. The number of carbonyl (C=O) groups is 1. The quantitative estimate of drug-likeness (QED) is 0.249. The van der Waals surface area contributed by atoms with Gasteiger partial charge >= 0.3 is 5.97 Å². The van der Waals surface area contributed by atoms with Crippen molar-refractivity contribution >= 4 is 44.2 Å². The zero-order valence-corrected chi connectivity index (χ0v) is 19.3. The Morgan fingerprint density at radius 2 is 1.91 bits per heavy atom. The average Bonchev–Trinajstić information content (AvgIpc) is 3.20. The number of carbonyl (C=O) groups excluding carboxylic acids is 1. The highest BCUT2D eigenvalue weighted by atomic mass is 35.5. The van der Waals surface area contributed by atoms with Gasteiger partial charge in [0, 0.05) is 5.02 Å². The summed E-state index contributed by atoms with van der Waals surface area (Å²) < 4.78 is 32.7. The summed E-state index contributed by atoms with van der Waals surface area (Å²) >= 11 is 5.80. The predicted octanol–water partition coefficient (Wildman–Crippen LogP) is 3.56. The van der Waals surface area contributed by atoms with Gasteiger partial charge in [0.05, 0.1) is 15.9 Å². The van der Waals surface area contributed by atoms with Gasteiger partial charge in [0.2, 0.25) is 10.0 Å². The molecule has 0 bridgehead atoms. The Kier molecular flexibility index (Phi) is 7.38. The van der Waals surface area contributed by atoms with Crippen LogP contribution in [0.5, 0.6) is 0 Å². The summed E-state index contributed by atoms with van der Waals surface area (Å²) in [6, 6.07) is 13.2. The molecule has 172 valence electrons. The fourth-order valence-corrected chi connectivity index (χ4v) is 4.39. The molecule has 0 spiro atoms. The second-order valence-electron chi connectivity index (χ2n) is 7.44. The maximum atomic E-state index is 12.6. The number of hydrogen-bond donors (Lipinski definition) is 3. The fourth-order valence-electron chi connectivity index (χ4n) is 2.93. The largest absolute Gasteiger partial charge is 0.507 e. The Labute approximate surface area is 195 Å². The van der Waals surface area contributed by atoms with Crippen molar-refractivity contribution in [2.24, 2.45) is 5.92 Å². The van der Waals surface area contributed by atoms with Gasteiger partial charge < -0.3 is 14.8 Å². The van der Waals surface area contributed by atoms with Gasteiger partial charge in [-0.1, -0.05) is 37.6 Å². The van der Waals surface area contributed by atoms with Crippen LogP contribution in [0.4, 0.5) is 0 Å². The molecule has 0 aliphatic heterocycles. The first kappa shape index (κ1) is 24.3. The van der Waals surface area contributed by atoms with Crippen LogP contribution in [0.25, 0.3) is 16.6 Å². The van der Waals surface area contributed by atoms with Crippen molar-refractivity contribution in [2.45, 2.75) is 24.8 Å². The Morgan fingerprint density at radius 3 is 2.52 bits per heavy atom. The number of benzene rings is 2. The summed E-state index contributed by atoms with van der Waals surface area (Å²) in [6.07, 6.45) is 0. The molecule has 1 heterocycles. The average molecular weight is 489 g/mol. The number of H-pyrrole nitrogens is 1. The molecule has 11 heteroatoms.